The normalized spacial score (nSPS) is 13.3. The van der Waals surface area contributed by atoms with Crippen LogP contribution in [0.1, 0.15) is 38.1 Å². The van der Waals surface area contributed by atoms with Gasteiger partial charge in [-0.2, -0.15) is 0 Å². The van der Waals surface area contributed by atoms with Crippen LogP contribution in [0.5, 0.6) is 0 Å². The van der Waals surface area contributed by atoms with Crippen LogP contribution in [0, 0.1) is 11.6 Å². The Morgan fingerprint density at radius 1 is 1.20 bits per heavy atom. The highest BCUT2D eigenvalue weighted by Gasteiger charge is 2.18. The summed E-state index contributed by atoms with van der Waals surface area (Å²) in [5, 5.41) is 0. The number of ketones is 1. The second-order valence-electron chi connectivity index (χ2n) is 5.47. The lowest BCUT2D eigenvalue weighted by molar-refractivity contribution is -0.0436. The van der Waals surface area contributed by atoms with Crippen molar-refractivity contribution < 1.29 is 23.0 Å². The van der Waals surface area contributed by atoms with Gasteiger partial charge in [0.25, 0.3) is 0 Å². The standard InChI is InChI=1S/C15H20F2O3/c1-10(19-7-8-20-15(2,3)4)14(18)11-5-6-12(16)13(17)9-11/h5-6,9-10H,7-8H2,1-4H3. The van der Waals surface area contributed by atoms with Gasteiger partial charge >= 0.3 is 0 Å². The molecule has 1 aromatic rings. The molecule has 0 aliphatic heterocycles. The van der Waals surface area contributed by atoms with Gasteiger partial charge in [0, 0.05) is 5.56 Å². The minimum Gasteiger partial charge on any atom is -0.373 e. The summed E-state index contributed by atoms with van der Waals surface area (Å²) >= 11 is 0. The number of hydrogen-bond donors (Lipinski definition) is 0. The minimum absolute atomic E-state index is 0.0909. The lowest BCUT2D eigenvalue weighted by Gasteiger charge is -2.20. The van der Waals surface area contributed by atoms with Crippen LogP contribution in [-0.2, 0) is 9.47 Å². The highest BCUT2D eigenvalue weighted by molar-refractivity contribution is 5.99. The summed E-state index contributed by atoms with van der Waals surface area (Å²) in [5.74, 6) is -2.41. The summed E-state index contributed by atoms with van der Waals surface area (Å²) in [4.78, 5) is 11.9. The van der Waals surface area contributed by atoms with Crippen LogP contribution < -0.4 is 0 Å². The summed E-state index contributed by atoms with van der Waals surface area (Å²) in [6, 6.07) is 3.05. The third-order valence-electron chi connectivity index (χ3n) is 2.56. The first-order valence-electron chi connectivity index (χ1n) is 6.45. The molecule has 0 heterocycles. The van der Waals surface area contributed by atoms with Crippen molar-refractivity contribution >= 4 is 5.78 Å². The molecule has 0 aliphatic carbocycles. The quantitative estimate of drug-likeness (QED) is 0.594. The maximum Gasteiger partial charge on any atom is 0.191 e. The van der Waals surface area contributed by atoms with Crippen molar-refractivity contribution in [2.45, 2.75) is 39.4 Å². The van der Waals surface area contributed by atoms with E-state index in [1.807, 2.05) is 20.8 Å². The Labute approximate surface area is 117 Å². The Morgan fingerprint density at radius 2 is 1.85 bits per heavy atom. The second kappa shape index (κ2) is 6.90. The first-order valence-corrected chi connectivity index (χ1v) is 6.45. The number of carbonyl (C=O) groups is 1. The molecule has 3 nitrogen and oxygen atoms in total. The Bertz CT molecular complexity index is 467. The number of benzene rings is 1. The molecule has 20 heavy (non-hydrogen) atoms. The Hall–Kier alpha value is -1.33. The number of ether oxygens (including phenoxy) is 2. The predicted molar refractivity (Wildman–Crippen MR) is 71.8 cm³/mol. The fourth-order valence-electron chi connectivity index (χ4n) is 1.53. The Balaban J connectivity index is 2.48. The number of rotatable bonds is 6. The SMILES string of the molecule is CC(OCCOC(C)(C)C)C(=O)c1ccc(F)c(F)c1. The summed E-state index contributed by atoms with van der Waals surface area (Å²) < 4.78 is 36.6. The third kappa shape index (κ3) is 5.35. The zero-order chi connectivity index (χ0) is 15.3. The zero-order valence-electron chi connectivity index (χ0n) is 12.2. The fraction of sp³-hybridized carbons (Fsp3) is 0.533. The first kappa shape index (κ1) is 16.7. The molecule has 1 atom stereocenters. The molecule has 0 aliphatic rings. The van der Waals surface area contributed by atoms with Crippen LogP contribution in [0.3, 0.4) is 0 Å². The van der Waals surface area contributed by atoms with Crippen molar-refractivity contribution in [2.75, 3.05) is 13.2 Å². The first-order chi connectivity index (χ1) is 9.20. The summed E-state index contributed by atoms with van der Waals surface area (Å²) in [5.41, 5.74) is -0.176. The van der Waals surface area contributed by atoms with Gasteiger partial charge in [0.2, 0.25) is 0 Å². The number of halogens is 2. The highest BCUT2D eigenvalue weighted by atomic mass is 19.2. The molecule has 0 saturated heterocycles. The van der Waals surface area contributed by atoms with Crippen LogP contribution in [-0.4, -0.2) is 30.7 Å². The molecular weight excluding hydrogens is 266 g/mol. The molecule has 112 valence electrons. The third-order valence-corrected chi connectivity index (χ3v) is 2.56. The van der Waals surface area contributed by atoms with Crippen LogP contribution in [0.4, 0.5) is 8.78 Å². The zero-order valence-corrected chi connectivity index (χ0v) is 12.2. The van der Waals surface area contributed by atoms with Gasteiger partial charge in [-0.1, -0.05) is 0 Å². The molecule has 5 heteroatoms. The molecule has 0 N–H and O–H groups in total. The van der Waals surface area contributed by atoms with Crippen molar-refractivity contribution in [2.24, 2.45) is 0 Å². The molecule has 0 aromatic heterocycles. The van der Waals surface area contributed by atoms with Gasteiger partial charge in [-0.15, -0.1) is 0 Å². The maximum atomic E-state index is 13.1. The van der Waals surface area contributed by atoms with E-state index in [0.717, 1.165) is 12.1 Å². The summed E-state index contributed by atoms with van der Waals surface area (Å²) in [6.45, 7) is 7.95. The van der Waals surface area contributed by atoms with E-state index in [9.17, 15) is 13.6 Å². The van der Waals surface area contributed by atoms with Crippen LogP contribution in [0.15, 0.2) is 18.2 Å². The fourth-order valence-corrected chi connectivity index (χ4v) is 1.53. The van der Waals surface area contributed by atoms with Crippen LogP contribution >= 0.6 is 0 Å². The van der Waals surface area contributed by atoms with Crippen molar-refractivity contribution in [3.63, 3.8) is 0 Å². The summed E-state index contributed by atoms with van der Waals surface area (Å²) in [6.07, 6.45) is -0.733. The monoisotopic (exact) mass is 286 g/mol. The molecule has 1 unspecified atom stereocenters. The van der Waals surface area contributed by atoms with Gasteiger partial charge < -0.3 is 9.47 Å². The van der Waals surface area contributed by atoms with E-state index in [-0.39, 0.29) is 23.6 Å². The van der Waals surface area contributed by atoms with E-state index in [0.29, 0.717) is 6.61 Å². The van der Waals surface area contributed by atoms with E-state index in [2.05, 4.69) is 0 Å². The Morgan fingerprint density at radius 3 is 2.40 bits per heavy atom. The molecule has 0 amide bonds. The second-order valence-corrected chi connectivity index (χ2v) is 5.47. The number of hydrogen-bond acceptors (Lipinski definition) is 3. The molecule has 1 rings (SSSR count). The average Bonchev–Trinajstić information content (AvgIpc) is 2.35. The minimum atomic E-state index is -1.04. The molecule has 0 radical (unpaired) electrons. The van der Waals surface area contributed by atoms with Crippen molar-refractivity contribution in [1.29, 1.82) is 0 Å². The van der Waals surface area contributed by atoms with Crippen LogP contribution in [0.2, 0.25) is 0 Å². The smallest absolute Gasteiger partial charge is 0.191 e. The van der Waals surface area contributed by atoms with Gasteiger partial charge in [0.1, 0.15) is 6.10 Å². The maximum absolute atomic E-state index is 13.1. The molecule has 1 aromatic carbocycles. The van der Waals surface area contributed by atoms with Gasteiger partial charge in [-0.05, 0) is 45.9 Å². The lowest BCUT2D eigenvalue weighted by Crippen LogP contribution is -2.26. The topological polar surface area (TPSA) is 35.5 Å². The molecule has 0 fully saturated rings. The average molecular weight is 286 g/mol. The molecule has 0 bridgehead atoms. The van der Waals surface area contributed by atoms with Gasteiger partial charge in [0.05, 0.1) is 18.8 Å². The largest absolute Gasteiger partial charge is 0.373 e. The lowest BCUT2D eigenvalue weighted by atomic mass is 10.1. The van der Waals surface area contributed by atoms with Gasteiger partial charge in [-0.3, -0.25) is 4.79 Å². The Kier molecular flexibility index (Phi) is 5.77. The van der Waals surface area contributed by atoms with Gasteiger partial charge in [-0.25, -0.2) is 8.78 Å². The highest BCUT2D eigenvalue weighted by Crippen LogP contribution is 2.12. The number of carbonyl (C=O) groups excluding carboxylic acids is 1. The summed E-state index contributed by atoms with van der Waals surface area (Å²) in [7, 11) is 0. The van der Waals surface area contributed by atoms with Crippen molar-refractivity contribution in [3.05, 3.63) is 35.4 Å². The van der Waals surface area contributed by atoms with E-state index in [1.54, 1.807) is 6.92 Å². The van der Waals surface area contributed by atoms with Crippen molar-refractivity contribution in [3.8, 4) is 0 Å². The van der Waals surface area contributed by atoms with Gasteiger partial charge in [0.15, 0.2) is 17.4 Å². The predicted octanol–water partition coefficient (Wildman–Crippen LogP) is 3.37. The van der Waals surface area contributed by atoms with E-state index in [1.165, 1.54) is 6.07 Å². The number of Topliss-reactive ketones (excluding diaryl/α,β-unsaturated/α-hetero) is 1. The van der Waals surface area contributed by atoms with E-state index >= 15 is 0 Å². The van der Waals surface area contributed by atoms with E-state index in [4.69, 9.17) is 9.47 Å². The van der Waals surface area contributed by atoms with Crippen molar-refractivity contribution in [1.82, 2.24) is 0 Å². The van der Waals surface area contributed by atoms with E-state index < -0.39 is 17.7 Å². The van der Waals surface area contributed by atoms with Crippen LogP contribution in [0.25, 0.3) is 0 Å². The molecule has 0 saturated carbocycles. The molecular formula is C15H20F2O3. The molecule has 0 spiro atoms.